The van der Waals surface area contributed by atoms with E-state index in [0.29, 0.717) is 0 Å². The highest BCUT2D eigenvalue weighted by Crippen LogP contribution is 1.87. The van der Waals surface area contributed by atoms with Gasteiger partial charge in [0.25, 0.3) is 0 Å². The van der Waals surface area contributed by atoms with Crippen molar-refractivity contribution in [1.82, 2.24) is 9.55 Å². The van der Waals surface area contributed by atoms with Crippen LogP contribution < -0.4 is 0 Å². The highest BCUT2D eigenvalue weighted by molar-refractivity contribution is 4.84. The summed E-state index contributed by atoms with van der Waals surface area (Å²) in [4.78, 5) is 3.93. The molecule has 0 aromatic carbocycles. The topological polar surface area (TPSA) is 17.8 Å². The number of rotatable bonds is 3. The Morgan fingerprint density at radius 3 is 3.00 bits per heavy atom. The van der Waals surface area contributed by atoms with Gasteiger partial charge in [-0.05, 0) is 6.42 Å². The molecule has 0 aliphatic rings. The first kappa shape index (κ1) is 7.06. The van der Waals surface area contributed by atoms with Crippen molar-refractivity contribution < 1.29 is 0 Å². The predicted octanol–water partition coefficient (Wildman–Crippen LogP) is 1.85. The largest absolute Gasteiger partial charge is 0.334 e. The number of hydrogen-bond donors (Lipinski definition) is 0. The standard InChI is InChI=1S/C8H12N2/c1-2-3-4-6-10-7-5-9-8-10/h3-5,7-8H,2,6H2,1H3/b4-3-. The Kier molecular flexibility index (Phi) is 2.74. The van der Waals surface area contributed by atoms with Gasteiger partial charge in [0.15, 0.2) is 0 Å². The Hall–Kier alpha value is -1.05. The van der Waals surface area contributed by atoms with Gasteiger partial charge in [0.1, 0.15) is 0 Å². The van der Waals surface area contributed by atoms with Gasteiger partial charge in [-0.1, -0.05) is 19.1 Å². The lowest BCUT2D eigenvalue weighted by atomic mass is 10.4. The first-order chi connectivity index (χ1) is 4.93. The molecule has 1 aromatic heterocycles. The predicted molar refractivity (Wildman–Crippen MR) is 41.7 cm³/mol. The minimum Gasteiger partial charge on any atom is -0.334 e. The highest BCUT2D eigenvalue weighted by atomic mass is 15.0. The summed E-state index contributed by atoms with van der Waals surface area (Å²) >= 11 is 0. The van der Waals surface area contributed by atoms with E-state index in [-0.39, 0.29) is 0 Å². The van der Waals surface area contributed by atoms with E-state index in [4.69, 9.17) is 0 Å². The molecule has 0 radical (unpaired) electrons. The van der Waals surface area contributed by atoms with Gasteiger partial charge in [-0.3, -0.25) is 0 Å². The number of allylic oxidation sites excluding steroid dienone is 2. The van der Waals surface area contributed by atoms with E-state index in [1.807, 2.05) is 17.1 Å². The lowest BCUT2D eigenvalue weighted by Gasteiger charge is -1.92. The molecule has 0 N–H and O–H groups in total. The van der Waals surface area contributed by atoms with Gasteiger partial charge in [-0.2, -0.15) is 0 Å². The Morgan fingerprint density at radius 2 is 2.40 bits per heavy atom. The zero-order valence-corrected chi connectivity index (χ0v) is 6.20. The van der Waals surface area contributed by atoms with Crippen molar-refractivity contribution in [2.24, 2.45) is 0 Å². The van der Waals surface area contributed by atoms with Crippen molar-refractivity contribution in [3.05, 3.63) is 30.9 Å². The van der Waals surface area contributed by atoms with Crippen LogP contribution in [0.2, 0.25) is 0 Å². The van der Waals surface area contributed by atoms with Crippen LogP contribution in [0.3, 0.4) is 0 Å². The first-order valence-corrected chi connectivity index (χ1v) is 3.54. The molecule has 0 saturated heterocycles. The lowest BCUT2D eigenvalue weighted by molar-refractivity contribution is 0.817. The van der Waals surface area contributed by atoms with Gasteiger partial charge >= 0.3 is 0 Å². The summed E-state index contributed by atoms with van der Waals surface area (Å²) in [6.07, 6.45) is 11.0. The third-order valence-electron chi connectivity index (χ3n) is 1.28. The maximum Gasteiger partial charge on any atom is 0.0948 e. The van der Waals surface area contributed by atoms with Crippen LogP contribution >= 0.6 is 0 Å². The average molecular weight is 136 g/mol. The third kappa shape index (κ3) is 2.05. The quantitative estimate of drug-likeness (QED) is 0.580. The maximum absolute atomic E-state index is 3.93. The van der Waals surface area contributed by atoms with Crippen molar-refractivity contribution in [2.75, 3.05) is 0 Å². The van der Waals surface area contributed by atoms with E-state index >= 15 is 0 Å². The van der Waals surface area contributed by atoms with Gasteiger partial charge in [-0.25, -0.2) is 4.98 Å². The molecule has 0 fully saturated rings. The Bertz CT molecular complexity index is 187. The van der Waals surface area contributed by atoms with Gasteiger partial charge < -0.3 is 4.57 Å². The number of imidazole rings is 1. The van der Waals surface area contributed by atoms with Gasteiger partial charge in [0.05, 0.1) is 6.33 Å². The summed E-state index contributed by atoms with van der Waals surface area (Å²) in [7, 11) is 0. The third-order valence-corrected chi connectivity index (χ3v) is 1.28. The molecule has 0 atom stereocenters. The van der Waals surface area contributed by atoms with Crippen LogP contribution in [0.4, 0.5) is 0 Å². The van der Waals surface area contributed by atoms with Crippen molar-refractivity contribution in [3.63, 3.8) is 0 Å². The summed E-state index contributed by atoms with van der Waals surface area (Å²) < 4.78 is 2.03. The fourth-order valence-corrected chi connectivity index (χ4v) is 0.758. The van der Waals surface area contributed by atoms with E-state index in [1.165, 1.54) is 0 Å². The monoisotopic (exact) mass is 136 g/mol. The fraction of sp³-hybridized carbons (Fsp3) is 0.375. The van der Waals surface area contributed by atoms with Crippen LogP contribution in [0.5, 0.6) is 0 Å². The van der Waals surface area contributed by atoms with Crippen molar-refractivity contribution in [1.29, 1.82) is 0 Å². The lowest BCUT2D eigenvalue weighted by Crippen LogP contribution is -1.88. The second-order valence-electron chi connectivity index (χ2n) is 2.14. The van der Waals surface area contributed by atoms with Crippen LogP contribution in [0.25, 0.3) is 0 Å². The molecule has 0 saturated carbocycles. The maximum atomic E-state index is 3.93. The zero-order chi connectivity index (χ0) is 7.23. The van der Waals surface area contributed by atoms with E-state index in [0.717, 1.165) is 13.0 Å². The summed E-state index contributed by atoms with van der Waals surface area (Å²) in [5.74, 6) is 0. The molecule has 1 heterocycles. The van der Waals surface area contributed by atoms with E-state index in [2.05, 4.69) is 24.1 Å². The number of nitrogens with zero attached hydrogens (tertiary/aromatic N) is 2. The molecule has 0 bridgehead atoms. The molecule has 10 heavy (non-hydrogen) atoms. The molecule has 1 rings (SSSR count). The first-order valence-electron chi connectivity index (χ1n) is 3.54. The molecule has 54 valence electrons. The van der Waals surface area contributed by atoms with Crippen molar-refractivity contribution >= 4 is 0 Å². The second-order valence-corrected chi connectivity index (χ2v) is 2.14. The van der Waals surface area contributed by atoms with Crippen molar-refractivity contribution in [3.8, 4) is 0 Å². The average Bonchev–Trinajstić information content (AvgIpc) is 2.41. The molecule has 0 aliphatic heterocycles. The summed E-state index contributed by atoms with van der Waals surface area (Å²) in [6, 6.07) is 0. The minimum atomic E-state index is 0.938. The Balaban J connectivity index is 2.34. The van der Waals surface area contributed by atoms with Gasteiger partial charge in [0.2, 0.25) is 0 Å². The van der Waals surface area contributed by atoms with E-state index in [9.17, 15) is 0 Å². The van der Waals surface area contributed by atoms with Crippen LogP contribution in [0.15, 0.2) is 30.9 Å². The van der Waals surface area contributed by atoms with Gasteiger partial charge in [-0.15, -0.1) is 0 Å². The summed E-state index contributed by atoms with van der Waals surface area (Å²) in [5.41, 5.74) is 0. The minimum absolute atomic E-state index is 0.938. The molecule has 0 unspecified atom stereocenters. The van der Waals surface area contributed by atoms with Crippen LogP contribution in [0.1, 0.15) is 13.3 Å². The molecule has 1 aromatic rings. The number of aromatic nitrogens is 2. The summed E-state index contributed by atoms with van der Waals surface area (Å²) in [5, 5.41) is 0. The van der Waals surface area contributed by atoms with Crippen molar-refractivity contribution in [2.45, 2.75) is 19.9 Å². The van der Waals surface area contributed by atoms with E-state index in [1.54, 1.807) is 6.20 Å². The molecule has 2 nitrogen and oxygen atoms in total. The molecular weight excluding hydrogens is 124 g/mol. The van der Waals surface area contributed by atoms with Gasteiger partial charge in [0, 0.05) is 18.9 Å². The Morgan fingerprint density at radius 1 is 1.50 bits per heavy atom. The Labute approximate surface area is 61.2 Å². The highest BCUT2D eigenvalue weighted by Gasteiger charge is 1.81. The molecular formula is C8H12N2. The number of hydrogen-bond acceptors (Lipinski definition) is 1. The van der Waals surface area contributed by atoms with Crippen LogP contribution in [-0.4, -0.2) is 9.55 Å². The van der Waals surface area contributed by atoms with E-state index < -0.39 is 0 Å². The van der Waals surface area contributed by atoms with Crippen LogP contribution in [0, 0.1) is 0 Å². The second kappa shape index (κ2) is 3.88. The summed E-state index contributed by atoms with van der Waals surface area (Å²) in [6.45, 7) is 3.07. The smallest absolute Gasteiger partial charge is 0.0948 e. The molecule has 2 heteroatoms. The normalized spacial score (nSPS) is 10.9. The molecule has 0 amide bonds. The SMILES string of the molecule is CC/C=C\Cn1ccnc1. The molecule has 0 spiro atoms. The fourth-order valence-electron chi connectivity index (χ4n) is 0.758. The zero-order valence-electron chi connectivity index (χ0n) is 6.20. The molecule has 0 aliphatic carbocycles. The van der Waals surface area contributed by atoms with Crippen LogP contribution in [-0.2, 0) is 6.54 Å².